The first-order chi connectivity index (χ1) is 9.29. The van der Waals surface area contributed by atoms with E-state index in [1.54, 1.807) is 36.4 Å². The molecule has 2 aromatic carbocycles. The van der Waals surface area contributed by atoms with Crippen molar-refractivity contribution in [2.45, 2.75) is 18.7 Å². The number of sulfonamides is 1. The molecule has 3 nitrogen and oxygen atoms in total. The Morgan fingerprint density at radius 2 is 1.75 bits per heavy atom. The zero-order valence-corrected chi connectivity index (χ0v) is 14.1. The molecule has 20 heavy (non-hydrogen) atoms. The molecule has 0 saturated carbocycles. The predicted octanol–water partition coefficient (Wildman–Crippen LogP) is 4.52. The monoisotopic (exact) mass is 373 g/mol. The van der Waals surface area contributed by atoms with E-state index in [1.165, 1.54) is 0 Å². The van der Waals surface area contributed by atoms with Gasteiger partial charge in [0.25, 0.3) is 10.0 Å². The zero-order valence-electron chi connectivity index (χ0n) is 10.9. The lowest BCUT2D eigenvalue weighted by Gasteiger charge is -2.11. The number of rotatable bonds is 3. The van der Waals surface area contributed by atoms with Crippen molar-refractivity contribution in [1.82, 2.24) is 0 Å². The van der Waals surface area contributed by atoms with Crippen LogP contribution in [0.2, 0.25) is 5.02 Å². The highest BCUT2D eigenvalue weighted by Crippen LogP contribution is 2.28. The zero-order chi connectivity index (χ0) is 14.9. The summed E-state index contributed by atoms with van der Waals surface area (Å²) in [5.74, 6) is 0. The maximum absolute atomic E-state index is 12.4. The molecule has 2 aromatic rings. The van der Waals surface area contributed by atoms with Crippen LogP contribution in [0.1, 0.15) is 11.1 Å². The van der Waals surface area contributed by atoms with E-state index in [4.69, 9.17) is 11.6 Å². The SMILES string of the molecule is Cc1ccc(S(=O)(=O)Nc2cc(Cl)ccc2Br)cc1C. The smallest absolute Gasteiger partial charge is 0.261 e. The Kier molecular flexibility index (Phi) is 4.42. The highest BCUT2D eigenvalue weighted by molar-refractivity contribution is 9.10. The summed E-state index contributed by atoms with van der Waals surface area (Å²) < 4.78 is 27.9. The number of benzene rings is 2. The van der Waals surface area contributed by atoms with E-state index in [0.29, 0.717) is 15.2 Å². The van der Waals surface area contributed by atoms with Crippen LogP contribution < -0.4 is 4.72 Å². The second kappa shape index (κ2) is 5.76. The second-order valence-corrected chi connectivity index (χ2v) is 7.45. The summed E-state index contributed by atoms with van der Waals surface area (Å²) in [7, 11) is -3.63. The van der Waals surface area contributed by atoms with Gasteiger partial charge in [0, 0.05) is 9.50 Å². The number of aryl methyl sites for hydroxylation is 2. The molecule has 1 N–H and O–H groups in total. The van der Waals surface area contributed by atoms with Crippen LogP contribution in [0.3, 0.4) is 0 Å². The standard InChI is InChI=1S/C14H13BrClNO2S/c1-9-3-5-12(7-10(9)2)20(18,19)17-14-8-11(16)4-6-13(14)15/h3-8,17H,1-2H3. The van der Waals surface area contributed by atoms with Crippen molar-refractivity contribution in [3.05, 3.63) is 57.0 Å². The second-order valence-electron chi connectivity index (χ2n) is 4.48. The summed E-state index contributed by atoms with van der Waals surface area (Å²) in [5, 5.41) is 0.464. The van der Waals surface area contributed by atoms with Crippen molar-refractivity contribution < 1.29 is 8.42 Å². The van der Waals surface area contributed by atoms with Crippen LogP contribution in [0.4, 0.5) is 5.69 Å². The molecular weight excluding hydrogens is 362 g/mol. The molecule has 0 heterocycles. The van der Waals surface area contributed by atoms with Gasteiger partial charge in [0.05, 0.1) is 10.6 Å². The van der Waals surface area contributed by atoms with Crippen LogP contribution in [0, 0.1) is 13.8 Å². The maximum atomic E-state index is 12.4. The van der Waals surface area contributed by atoms with Gasteiger partial charge in [-0.25, -0.2) is 8.42 Å². The van der Waals surface area contributed by atoms with E-state index in [0.717, 1.165) is 11.1 Å². The number of halogens is 2. The van der Waals surface area contributed by atoms with Gasteiger partial charge < -0.3 is 0 Å². The lowest BCUT2D eigenvalue weighted by Crippen LogP contribution is -2.13. The Hall–Kier alpha value is -1.04. The molecule has 0 atom stereocenters. The van der Waals surface area contributed by atoms with E-state index in [9.17, 15) is 8.42 Å². The molecule has 0 aliphatic heterocycles. The van der Waals surface area contributed by atoms with Gasteiger partial charge in [-0.2, -0.15) is 0 Å². The third kappa shape index (κ3) is 3.34. The Labute approximate surface area is 132 Å². The van der Waals surface area contributed by atoms with Crippen molar-refractivity contribution >= 4 is 43.2 Å². The maximum Gasteiger partial charge on any atom is 0.261 e. The molecule has 0 aromatic heterocycles. The van der Waals surface area contributed by atoms with Crippen LogP contribution >= 0.6 is 27.5 Å². The fourth-order valence-electron chi connectivity index (χ4n) is 1.66. The normalized spacial score (nSPS) is 11.4. The first kappa shape index (κ1) is 15.4. The third-order valence-corrected chi connectivity index (χ3v) is 5.25. The van der Waals surface area contributed by atoms with Crippen molar-refractivity contribution in [2.75, 3.05) is 4.72 Å². The summed E-state index contributed by atoms with van der Waals surface area (Å²) in [6, 6.07) is 9.96. The van der Waals surface area contributed by atoms with E-state index in [-0.39, 0.29) is 4.90 Å². The highest BCUT2D eigenvalue weighted by atomic mass is 79.9. The molecule has 0 aliphatic rings. The van der Waals surface area contributed by atoms with Crippen LogP contribution in [0.15, 0.2) is 45.8 Å². The van der Waals surface area contributed by atoms with Crippen LogP contribution in [-0.4, -0.2) is 8.42 Å². The van der Waals surface area contributed by atoms with Gasteiger partial charge in [0.2, 0.25) is 0 Å². The van der Waals surface area contributed by atoms with E-state index >= 15 is 0 Å². The first-order valence-electron chi connectivity index (χ1n) is 5.85. The molecule has 6 heteroatoms. The Morgan fingerprint density at radius 1 is 1.05 bits per heavy atom. The topological polar surface area (TPSA) is 46.2 Å². The van der Waals surface area contributed by atoms with Gasteiger partial charge in [-0.15, -0.1) is 0 Å². The first-order valence-corrected chi connectivity index (χ1v) is 8.50. The van der Waals surface area contributed by atoms with Gasteiger partial charge in [-0.05, 0) is 71.2 Å². The van der Waals surface area contributed by atoms with Gasteiger partial charge in [0.15, 0.2) is 0 Å². The van der Waals surface area contributed by atoms with E-state index < -0.39 is 10.0 Å². The van der Waals surface area contributed by atoms with Gasteiger partial charge in [-0.1, -0.05) is 17.7 Å². The van der Waals surface area contributed by atoms with E-state index in [2.05, 4.69) is 20.7 Å². The molecule has 0 bridgehead atoms. The average Bonchev–Trinajstić information content (AvgIpc) is 2.36. The highest BCUT2D eigenvalue weighted by Gasteiger charge is 2.16. The molecule has 106 valence electrons. The molecular formula is C14H13BrClNO2S. The van der Waals surface area contributed by atoms with Crippen molar-refractivity contribution in [2.24, 2.45) is 0 Å². The molecule has 0 fully saturated rings. The largest absolute Gasteiger partial charge is 0.278 e. The molecule has 0 aliphatic carbocycles. The number of nitrogens with one attached hydrogen (secondary N) is 1. The fraction of sp³-hybridized carbons (Fsp3) is 0.143. The third-order valence-electron chi connectivity index (χ3n) is 2.96. The predicted molar refractivity (Wildman–Crippen MR) is 85.9 cm³/mol. The minimum Gasteiger partial charge on any atom is -0.278 e. The van der Waals surface area contributed by atoms with Gasteiger partial charge in [0.1, 0.15) is 0 Å². The van der Waals surface area contributed by atoms with Crippen LogP contribution in [0.25, 0.3) is 0 Å². The molecule has 0 unspecified atom stereocenters. The van der Waals surface area contributed by atoms with Gasteiger partial charge in [-0.3, -0.25) is 4.72 Å². The summed E-state index contributed by atoms with van der Waals surface area (Å²) in [5.41, 5.74) is 2.39. The number of hydrogen-bond donors (Lipinski definition) is 1. The van der Waals surface area contributed by atoms with Crippen molar-refractivity contribution in [3.63, 3.8) is 0 Å². The quantitative estimate of drug-likeness (QED) is 0.858. The summed E-state index contributed by atoms with van der Waals surface area (Å²) in [4.78, 5) is 0.229. The fourth-order valence-corrected chi connectivity index (χ4v) is 3.46. The number of anilines is 1. The lowest BCUT2D eigenvalue weighted by molar-refractivity contribution is 0.601. The minimum absolute atomic E-state index is 0.229. The average molecular weight is 375 g/mol. The van der Waals surface area contributed by atoms with E-state index in [1.807, 2.05) is 13.8 Å². The van der Waals surface area contributed by atoms with Crippen molar-refractivity contribution in [1.29, 1.82) is 0 Å². The molecule has 0 amide bonds. The summed E-state index contributed by atoms with van der Waals surface area (Å²) >= 11 is 9.18. The van der Waals surface area contributed by atoms with Crippen molar-refractivity contribution in [3.8, 4) is 0 Å². The summed E-state index contributed by atoms with van der Waals surface area (Å²) in [6.45, 7) is 3.82. The van der Waals surface area contributed by atoms with Crippen LogP contribution in [0.5, 0.6) is 0 Å². The Morgan fingerprint density at radius 3 is 2.40 bits per heavy atom. The Bertz CT molecular complexity index is 760. The number of hydrogen-bond acceptors (Lipinski definition) is 2. The lowest BCUT2D eigenvalue weighted by atomic mass is 10.1. The molecule has 0 radical (unpaired) electrons. The minimum atomic E-state index is -3.63. The molecule has 0 saturated heterocycles. The Balaban J connectivity index is 2.40. The van der Waals surface area contributed by atoms with Gasteiger partial charge >= 0.3 is 0 Å². The molecule has 2 rings (SSSR count). The molecule has 0 spiro atoms. The summed E-state index contributed by atoms with van der Waals surface area (Å²) in [6.07, 6.45) is 0. The van der Waals surface area contributed by atoms with Crippen LogP contribution in [-0.2, 0) is 10.0 Å².